The predicted octanol–water partition coefficient (Wildman–Crippen LogP) is 3.49. The number of amides is 1. The minimum Gasteiger partial charge on any atom is -0.339 e. The van der Waals surface area contributed by atoms with Crippen LogP contribution in [0.4, 0.5) is 5.69 Å². The Kier molecular flexibility index (Phi) is 4.62. The van der Waals surface area contributed by atoms with Crippen molar-refractivity contribution in [2.75, 3.05) is 24.1 Å². The predicted molar refractivity (Wildman–Crippen MR) is 114 cm³/mol. The number of thiophene rings is 1. The number of benzene rings is 1. The molecule has 0 spiro atoms. The van der Waals surface area contributed by atoms with Gasteiger partial charge in [0.1, 0.15) is 0 Å². The van der Waals surface area contributed by atoms with Crippen LogP contribution >= 0.6 is 11.3 Å². The second-order valence-electron chi connectivity index (χ2n) is 8.00. The second kappa shape index (κ2) is 6.74. The Balaban J connectivity index is 1.43. The van der Waals surface area contributed by atoms with E-state index in [4.69, 9.17) is 0 Å². The van der Waals surface area contributed by atoms with Gasteiger partial charge in [-0.2, -0.15) is 0 Å². The number of hydrogen-bond donors (Lipinski definition) is 1. The van der Waals surface area contributed by atoms with E-state index in [0.29, 0.717) is 17.5 Å². The quantitative estimate of drug-likeness (QED) is 0.759. The summed E-state index contributed by atoms with van der Waals surface area (Å²) in [5.74, 6) is 0.901. The van der Waals surface area contributed by atoms with Crippen LogP contribution in [-0.2, 0) is 20.2 Å². The molecule has 1 saturated carbocycles. The average Bonchev–Trinajstić information content (AvgIpc) is 3.01. The molecule has 1 aliphatic carbocycles. The number of rotatable bonds is 5. The molecule has 4 rings (SSSR count). The van der Waals surface area contributed by atoms with E-state index in [1.165, 1.54) is 5.56 Å². The molecule has 148 valence electrons. The molecule has 0 radical (unpaired) electrons. The molecule has 1 aromatic carbocycles. The van der Waals surface area contributed by atoms with Crippen LogP contribution in [0.5, 0.6) is 0 Å². The fourth-order valence-electron chi connectivity index (χ4n) is 4.43. The van der Waals surface area contributed by atoms with Crippen LogP contribution in [0.1, 0.15) is 22.9 Å². The van der Waals surface area contributed by atoms with Crippen LogP contribution in [0.15, 0.2) is 41.8 Å². The first-order chi connectivity index (χ1) is 13.2. The van der Waals surface area contributed by atoms with Gasteiger partial charge in [-0.1, -0.05) is 19.1 Å². The molecule has 1 aromatic heterocycles. The first-order valence-corrected chi connectivity index (χ1v) is 12.0. The lowest BCUT2D eigenvalue weighted by Crippen LogP contribution is -2.33. The zero-order valence-corrected chi connectivity index (χ0v) is 17.8. The van der Waals surface area contributed by atoms with Gasteiger partial charge in [0.2, 0.25) is 15.9 Å². The third-order valence-electron chi connectivity index (χ3n) is 6.13. The second-order valence-corrected chi connectivity index (χ2v) is 10.7. The summed E-state index contributed by atoms with van der Waals surface area (Å²) < 4.78 is 25.5. The summed E-state index contributed by atoms with van der Waals surface area (Å²) in [5.41, 5.74) is 2.91. The van der Waals surface area contributed by atoms with E-state index in [1.54, 1.807) is 23.5 Å². The Morgan fingerprint density at radius 1 is 1.29 bits per heavy atom. The molecule has 1 N–H and O–H groups in total. The van der Waals surface area contributed by atoms with Gasteiger partial charge >= 0.3 is 0 Å². The summed E-state index contributed by atoms with van der Waals surface area (Å²) in [6.45, 7) is 5.76. The zero-order chi connectivity index (χ0) is 20.1. The lowest BCUT2D eigenvalue weighted by molar-refractivity contribution is -0.125. The van der Waals surface area contributed by atoms with E-state index in [2.05, 4.69) is 23.8 Å². The Morgan fingerprint density at radius 3 is 2.61 bits per heavy atom. The van der Waals surface area contributed by atoms with Crippen LogP contribution < -0.4 is 4.72 Å². The van der Waals surface area contributed by atoms with E-state index < -0.39 is 10.0 Å². The van der Waals surface area contributed by atoms with Crippen LogP contribution in [0.2, 0.25) is 0 Å². The average molecular weight is 417 g/mol. The van der Waals surface area contributed by atoms with Crippen molar-refractivity contribution in [1.29, 1.82) is 0 Å². The molecule has 1 aliphatic heterocycles. The molecule has 5 nitrogen and oxygen atoms in total. The number of carbonyl (C=O) groups excluding carboxylic acids is 1. The van der Waals surface area contributed by atoms with Crippen molar-refractivity contribution in [2.45, 2.75) is 19.3 Å². The van der Waals surface area contributed by atoms with Gasteiger partial charge in [-0.25, -0.2) is 8.42 Å². The normalized spacial score (nSPS) is 26.5. The number of nitrogens with zero attached hydrogens (tertiary/aromatic N) is 1. The largest absolute Gasteiger partial charge is 0.339 e. The summed E-state index contributed by atoms with van der Waals surface area (Å²) >= 11 is 1.64. The molecule has 28 heavy (non-hydrogen) atoms. The maximum atomic E-state index is 12.5. The molecule has 0 bridgehead atoms. The molecule has 2 heterocycles. The van der Waals surface area contributed by atoms with Gasteiger partial charge < -0.3 is 4.90 Å². The van der Waals surface area contributed by atoms with Gasteiger partial charge in [0.15, 0.2) is 0 Å². The van der Waals surface area contributed by atoms with E-state index >= 15 is 0 Å². The number of carbonyl (C=O) groups is 1. The third kappa shape index (κ3) is 3.49. The minimum atomic E-state index is -3.30. The Labute approximate surface area is 170 Å². The molecular weight excluding hydrogens is 392 g/mol. The van der Waals surface area contributed by atoms with Crippen molar-refractivity contribution in [1.82, 2.24) is 4.90 Å². The van der Waals surface area contributed by atoms with Crippen molar-refractivity contribution in [2.24, 2.45) is 11.8 Å². The summed E-state index contributed by atoms with van der Waals surface area (Å²) in [4.78, 5) is 15.6. The van der Waals surface area contributed by atoms with Gasteiger partial charge in [0.25, 0.3) is 0 Å². The lowest BCUT2D eigenvalue weighted by Gasteiger charge is -2.24. The van der Waals surface area contributed by atoms with Crippen molar-refractivity contribution < 1.29 is 13.2 Å². The Morgan fingerprint density at radius 2 is 2.00 bits per heavy atom. The topological polar surface area (TPSA) is 66.5 Å². The van der Waals surface area contributed by atoms with E-state index in [1.807, 2.05) is 35.4 Å². The molecule has 2 aromatic rings. The number of aryl methyl sites for hydroxylation is 1. The van der Waals surface area contributed by atoms with Gasteiger partial charge in [-0.05, 0) is 59.5 Å². The van der Waals surface area contributed by atoms with E-state index in [-0.39, 0.29) is 11.3 Å². The molecule has 2 fully saturated rings. The standard InChI is InChI=1S/C21H24N2O3S2/c1-14-9-10-27-19(14)7-8-20(24)23-12-17-18(13-23)21(17,2)15-5-4-6-16(11-15)22-28(3,25)26/h4-11,17-18,22H,12-13H2,1-3H3. The highest BCUT2D eigenvalue weighted by molar-refractivity contribution is 7.92. The zero-order valence-electron chi connectivity index (χ0n) is 16.2. The molecule has 2 aliphatic rings. The summed E-state index contributed by atoms with van der Waals surface area (Å²) in [5, 5.41) is 2.03. The summed E-state index contributed by atoms with van der Waals surface area (Å²) in [7, 11) is -3.30. The maximum absolute atomic E-state index is 12.5. The summed E-state index contributed by atoms with van der Waals surface area (Å²) in [6.07, 6.45) is 4.74. The molecule has 1 amide bonds. The van der Waals surface area contributed by atoms with Gasteiger partial charge in [-0.3, -0.25) is 9.52 Å². The fourth-order valence-corrected chi connectivity index (χ4v) is 5.80. The Bertz CT molecular complexity index is 1040. The van der Waals surface area contributed by atoms with Crippen LogP contribution in [-0.4, -0.2) is 38.6 Å². The number of nitrogens with one attached hydrogen (secondary N) is 1. The monoisotopic (exact) mass is 416 g/mol. The first kappa shape index (κ1) is 19.2. The number of hydrogen-bond acceptors (Lipinski definition) is 4. The molecule has 2 unspecified atom stereocenters. The smallest absolute Gasteiger partial charge is 0.246 e. The van der Waals surface area contributed by atoms with Crippen molar-refractivity contribution in [3.8, 4) is 0 Å². The van der Waals surface area contributed by atoms with Crippen molar-refractivity contribution in [3.63, 3.8) is 0 Å². The SMILES string of the molecule is Cc1ccsc1C=CC(=O)N1CC2C(C1)C2(C)c1cccc(NS(C)(=O)=O)c1. The van der Waals surface area contributed by atoms with Crippen LogP contribution in [0.3, 0.4) is 0 Å². The highest BCUT2D eigenvalue weighted by Gasteiger charge is 2.66. The van der Waals surface area contributed by atoms with Gasteiger partial charge in [0, 0.05) is 35.1 Å². The van der Waals surface area contributed by atoms with Gasteiger partial charge in [0.05, 0.1) is 6.26 Å². The van der Waals surface area contributed by atoms with E-state index in [9.17, 15) is 13.2 Å². The number of piperidine rings is 1. The number of likely N-dealkylation sites (tertiary alicyclic amines) is 1. The Hall–Kier alpha value is -2.12. The first-order valence-electron chi connectivity index (χ1n) is 9.28. The number of anilines is 1. The highest BCUT2D eigenvalue weighted by atomic mass is 32.2. The number of sulfonamides is 1. The molecule has 1 saturated heterocycles. The molecular formula is C21H24N2O3S2. The number of fused-ring (bicyclic) bond motifs is 1. The fraction of sp³-hybridized carbons (Fsp3) is 0.381. The third-order valence-corrected chi connectivity index (χ3v) is 7.72. The highest BCUT2D eigenvalue weighted by Crippen LogP contribution is 2.63. The van der Waals surface area contributed by atoms with Crippen LogP contribution in [0.25, 0.3) is 6.08 Å². The lowest BCUT2D eigenvalue weighted by atomic mass is 9.92. The van der Waals surface area contributed by atoms with Gasteiger partial charge in [-0.15, -0.1) is 11.3 Å². The van der Waals surface area contributed by atoms with Crippen molar-refractivity contribution in [3.05, 3.63) is 57.8 Å². The van der Waals surface area contributed by atoms with Crippen molar-refractivity contribution >= 4 is 39.0 Å². The van der Waals surface area contributed by atoms with E-state index in [0.717, 1.165) is 29.8 Å². The summed E-state index contributed by atoms with van der Waals surface area (Å²) in [6, 6.07) is 9.68. The maximum Gasteiger partial charge on any atom is 0.246 e. The minimum absolute atomic E-state index is 0.0000276. The molecule has 2 atom stereocenters. The molecule has 7 heteroatoms. The van der Waals surface area contributed by atoms with Crippen LogP contribution in [0, 0.1) is 18.8 Å².